The first-order valence-electron chi connectivity index (χ1n) is 4.84. The Morgan fingerprint density at radius 3 is 2.29 bits per heavy atom. The lowest BCUT2D eigenvalue weighted by Gasteiger charge is -2.05. The molecule has 0 saturated heterocycles. The normalized spacial score (nSPS) is 10.3. The van der Waals surface area contributed by atoms with Gasteiger partial charge in [-0.3, -0.25) is 0 Å². The zero-order valence-corrected chi connectivity index (χ0v) is 10.2. The summed E-state index contributed by atoms with van der Waals surface area (Å²) in [5.41, 5.74) is 6.11. The van der Waals surface area contributed by atoms with E-state index in [0.29, 0.717) is 33.9 Å². The standard InChI is InChI=1S/C11H9Cl2N3O/c12-7-3-8(13)5-10(4-7)17-11-2-1-9(6-14)15-16-11/h1-5H,6,14H2. The van der Waals surface area contributed by atoms with Crippen LogP contribution in [0.2, 0.25) is 10.0 Å². The third-order valence-corrected chi connectivity index (χ3v) is 2.40. The Morgan fingerprint density at radius 2 is 1.76 bits per heavy atom. The summed E-state index contributed by atoms with van der Waals surface area (Å²) < 4.78 is 5.46. The Hall–Kier alpha value is -1.36. The summed E-state index contributed by atoms with van der Waals surface area (Å²) in [5, 5.41) is 8.74. The molecule has 88 valence electrons. The van der Waals surface area contributed by atoms with E-state index in [1.165, 1.54) is 0 Å². The van der Waals surface area contributed by atoms with Crippen molar-refractivity contribution >= 4 is 23.2 Å². The molecule has 0 atom stereocenters. The largest absolute Gasteiger partial charge is 0.437 e. The molecule has 0 fully saturated rings. The fourth-order valence-electron chi connectivity index (χ4n) is 1.22. The first-order chi connectivity index (χ1) is 8.17. The summed E-state index contributed by atoms with van der Waals surface area (Å²) in [5.74, 6) is 0.873. The number of hydrogen-bond acceptors (Lipinski definition) is 4. The SMILES string of the molecule is NCc1ccc(Oc2cc(Cl)cc(Cl)c2)nn1. The van der Waals surface area contributed by atoms with Crippen LogP contribution in [0.5, 0.6) is 11.6 Å². The maximum Gasteiger partial charge on any atom is 0.238 e. The Bertz CT molecular complexity index is 496. The van der Waals surface area contributed by atoms with E-state index < -0.39 is 0 Å². The maximum absolute atomic E-state index is 5.85. The monoisotopic (exact) mass is 269 g/mol. The first-order valence-corrected chi connectivity index (χ1v) is 5.59. The lowest BCUT2D eigenvalue weighted by Crippen LogP contribution is -2.01. The molecule has 1 aromatic carbocycles. The Kier molecular flexibility index (Phi) is 3.78. The van der Waals surface area contributed by atoms with Gasteiger partial charge in [-0.25, -0.2) is 0 Å². The van der Waals surface area contributed by atoms with Crippen LogP contribution in [0.4, 0.5) is 0 Å². The van der Waals surface area contributed by atoms with Gasteiger partial charge in [-0.15, -0.1) is 5.10 Å². The molecule has 6 heteroatoms. The third-order valence-electron chi connectivity index (χ3n) is 1.96. The van der Waals surface area contributed by atoms with Crippen molar-refractivity contribution in [3.05, 3.63) is 46.1 Å². The smallest absolute Gasteiger partial charge is 0.238 e. The predicted molar refractivity (Wildman–Crippen MR) is 66.5 cm³/mol. The molecule has 0 spiro atoms. The van der Waals surface area contributed by atoms with Crippen molar-refractivity contribution in [1.29, 1.82) is 0 Å². The molecule has 2 aromatic rings. The minimum absolute atomic E-state index is 0.344. The van der Waals surface area contributed by atoms with Crippen molar-refractivity contribution in [2.45, 2.75) is 6.54 Å². The topological polar surface area (TPSA) is 61.0 Å². The first kappa shape index (κ1) is 12.1. The van der Waals surface area contributed by atoms with E-state index in [1.54, 1.807) is 30.3 Å². The summed E-state index contributed by atoms with van der Waals surface area (Å²) >= 11 is 11.7. The molecule has 2 N–H and O–H groups in total. The van der Waals surface area contributed by atoms with Gasteiger partial charge in [-0.05, 0) is 24.3 Å². The molecular weight excluding hydrogens is 261 g/mol. The molecule has 0 saturated carbocycles. The number of nitrogens with two attached hydrogens (primary N) is 1. The van der Waals surface area contributed by atoms with Gasteiger partial charge in [-0.2, -0.15) is 5.10 Å². The van der Waals surface area contributed by atoms with E-state index in [9.17, 15) is 0 Å². The quantitative estimate of drug-likeness (QED) is 0.931. The summed E-state index contributed by atoms with van der Waals surface area (Å²) in [6, 6.07) is 8.34. The average molecular weight is 270 g/mol. The Morgan fingerprint density at radius 1 is 1.06 bits per heavy atom. The summed E-state index contributed by atoms with van der Waals surface area (Å²) in [4.78, 5) is 0. The Balaban J connectivity index is 2.19. The van der Waals surface area contributed by atoms with Gasteiger partial charge in [0, 0.05) is 22.7 Å². The van der Waals surface area contributed by atoms with Gasteiger partial charge in [0.15, 0.2) is 0 Å². The lowest BCUT2D eigenvalue weighted by atomic mass is 10.3. The highest BCUT2D eigenvalue weighted by molar-refractivity contribution is 6.34. The molecule has 1 heterocycles. The van der Waals surface area contributed by atoms with Crippen molar-refractivity contribution in [3.8, 4) is 11.6 Å². The highest BCUT2D eigenvalue weighted by Gasteiger charge is 2.02. The van der Waals surface area contributed by atoms with Gasteiger partial charge in [0.25, 0.3) is 0 Å². The number of nitrogens with zero attached hydrogens (tertiary/aromatic N) is 2. The molecule has 0 unspecified atom stereocenters. The average Bonchev–Trinajstić information content (AvgIpc) is 2.28. The van der Waals surface area contributed by atoms with Gasteiger partial charge >= 0.3 is 0 Å². The molecule has 0 aliphatic heterocycles. The number of rotatable bonds is 3. The molecule has 4 nitrogen and oxygen atoms in total. The molecule has 2 rings (SSSR count). The van der Waals surface area contributed by atoms with Crippen molar-refractivity contribution in [3.63, 3.8) is 0 Å². The van der Waals surface area contributed by atoms with Crippen LogP contribution in [-0.2, 0) is 6.54 Å². The van der Waals surface area contributed by atoms with Crippen LogP contribution in [0.25, 0.3) is 0 Å². The molecule has 1 aromatic heterocycles. The lowest BCUT2D eigenvalue weighted by molar-refractivity contribution is 0.454. The minimum Gasteiger partial charge on any atom is -0.437 e. The summed E-state index contributed by atoms with van der Waals surface area (Å²) in [6.07, 6.45) is 0. The maximum atomic E-state index is 5.85. The van der Waals surface area contributed by atoms with Crippen molar-refractivity contribution < 1.29 is 4.74 Å². The molecule has 0 aliphatic carbocycles. The second kappa shape index (κ2) is 5.31. The third kappa shape index (κ3) is 3.30. The summed E-state index contributed by atoms with van der Waals surface area (Å²) in [6.45, 7) is 0.344. The van der Waals surface area contributed by atoms with Crippen molar-refractivity contribution in [2.24, 2.45) is 5.73 Å². The van der Waals surface area contributed by atoms with Crippen LogP contribution < -0.4 is 10.5 Å². The molecule has 0 radical (unpaired) electrons. The zero-order valence-electron chi connectivity index (χ0n) is 8.73. The van der Waals surface area contributed by atoms with E-state index in [-0.39, 0.29) is 0 Å². The van der Waals surface area contributed by atoms with Gasteiger partial charge in [-0.1, -0.05) is 23.2 Å². The number of aromatic nitrogens is 2. The van der Waals surface area contributed by atoms with Crippen LogP contribution >= 0.6 is 23.2 Å². The van der Waals surface area contributed by atoms with E-state index in [2.05, 4.69) is 10.2 Å². The van der Waals surface area contributed by atoms with Crippen LogP contribution in [-0.4, -0.2) is 10.2 Å². The fraction of sp³-hybridized carbons (Fsp3) is 0.0909. The highest BCUT2D eigenvalue weighted by Crippen LogP contribution is 2.27. The second-order valence-electron chi connectivity index (χ2n) is 3.27. The highest BCUT2D eigenvalue weighted by atomic mass is 35.5. The molecule has 0 amide bonds. The van der Waals surface area contributed by atoms with Crippen LogP contribution in [0.1, 0.15) is 5.69 Å². The molecule has 0 bridgehead atoms. The number of benzene rings is 1. The second-order valence-corrected chi connectivity index (χ2v) is 4.15. The van der Waals surface area contributed by atoms with Gasteiger partial charge < -0.3 is 10.5 Å². The van der Waals surface area contributed by atoms with Crippen molar-refractivity contribution in [2.75, 3.05) is 0 Å². The molecule has 17 heavy (non-hydrogen) atoms. The van der Waals surface area contributed by atoms with E-state index in [0.717, 1.165) is 0 Å². The number of ether oxygens (including phenoxy) is 1. The van der Waals surface area contributed by atoms with Gasteiger partial charge in [0.2, 0.25) is 5.88 Å². The molecule has 0 aliphatic rings. The van der Waals surface area contributed by atoms with Gasteiger partial charge in [0.1, 0.15) is 5.75 Å². The minimum atomic E-state index is 0.344. The van der Waals surface area contributed by atoms with Crippen LogP contribution in [0.15, 0.2) is 30.3 Å². The van der Waals surface area contributed by atoms with Gasteiger partial charge in [0.05, 0.1) is 5.69 Å². The van der Waals surface area contributed by atoms with E-state index >= 15 is 0 Å². The van der Waals surface area contributed by atoms with Crippen molar-refractivity contribution in [1.82, 2.24) is 10.2 Å². The Labute approximate surface area is 108 Å². The zero-order chi connectivity index (χ0) is 12.3. The van der Waals surface area contributed by atoms with Crippen LogP contribution in [0, 0.1) is 0 Å². The fourth-order valence-corrected chi connectivity index (χ4v) is 1.73. The number of hydrogen-bond donors (Lipinski definition) is 1. The van der Waals surface area contributed by atoms with Crippen LogP contribution in [0.3, 0.4) is 0 Å². The van der Waals surface area contributed by atoms with E-state index in [1.807, 2.05) is 0 Å². The van der Waals surface area contributed by atoms with E-state index in [4.69, 9.17) is 33.7 Å². The predicted octanol–water partition coefficient (Wildman–Crippen LogP) is 3.03. The summed E-state index contributed by atoms with van der Waals surface area (Å²) in [7, 11) is 0. The number of halogens is 2. The molecular formula is C11H9Cl2N3O.